The summed E-state index contributed by atoms with van der Waals surface area (Å²) in [6, 6.07) is 2.41. The highest BCUT2D eigenvalue weighted by Crippen LogP contribution is 2.38. The van der Waals surface area contributed by atoms with Gasteiger partial charge >= 0.3 is 5.97 Å². The number of methoxy groups -OCH3 is 2. The van der Waals surface area contributed by atoms with Gasteiger partial charge in [-0.2, -0.15) is 0 Å². The minimum atomic E-state index is -1.23. The smallest absolute Gasteiger partial charge is 0.342 e. The van der Waals surface area contributed by atoms with Gasteiger partial charge in [0, 0.05) is 18.1 Å². The van der Waals surface area contributed by atoms with Crippen molar-refractivity contribution in [2.24, 2.45) is 0 Å². The molecular formula is C15H16N4O6S. The number of nitro groups is 1. The maximum Gasteiger partial charge on any atom is 0.342 e. The van der Waals surface area contributed by atoms with Crippen molar-refractivity contribution in [1.82, 2.24) is 15.2 Å². The molecule has 2 N–H and O–H groups in total. The number of carboxylic acid groups (broad SMARTS) is 1. The van der Waals surface area contributed by atoms with Crippen molar-refractivity contribution in [2.45, 2.75) is 18.5 Å². The first kappa shape index (κ1) is 19.2. The zero-order chi connectivity index (χ0) is 19.3. The zero-order valence-corrected chi connectivity index (χ0v) is 15.0. The summed E-state index contributed by atoms with van der Waals surface area (Å²) in [6.07, 6.45) is 1.87. The molecule has 2 aromatic rings. The van der Waals surface area contributed by atoms with Crippen LogP contribution in [0.2, 0.25) is 0 Å². The number of hydrogen-bond acceptors (Lipinski definition) is 8. The van der Waals surface area contributed by atoms with Crippen LogP contribution in [0, 0.1) is 10.1 Å². The zero-order valence-electron chi connectivity index (χ0n) is 14.2. The second kappa shape index (κ2) is 8.34. The molecule has 0 atom stereocenters. The number of thioether (sulfide) groups is 1. The van der Waals surface area contributed by atoms with Gasteiger partial charge in [0.15, 0.2) is 11.5 Å². The average Bonchev–Trinajstić information content (AvgIpc) is 3.07. The Morgan fingerprint density at radius 2 is 2.15 bits per heavy atom. The summed E-state index contributed by atoms with van der Waals surface area (Å²) in [7, 11) is 2.69. The predicted molar refractivity (Wildman–Crippen MR) is 93.4 cm³/mol. The van der Waals surface area contributed by atoms with E-state index in [0.29, 0.717) is 12.2 Å². The minimum absolute atomic E-state index is 0.119. The van der Waals surface area contributed by atoms with Crippen molar-refractivity contribution in [3.8, 4) is 11.5 Å². The lowest BCUT2D eigenvalue weighted by molar-refractivity contribution is -0.385. The number of aromatic nitrogens is 3. The first-order valence-electron chi connectivity index (χ1n) is 7.34. The Morgan fingerprint density at radius 1 is 1.42 bits per heavy atom. The molecule has 10 nitrogen and oxygen atoms in total. The summed E-state index contributed by atoms with van der Waals surface area (Å²) in [5, 5.41) is 27.4. The summed E-state index contributed by atoms with van der Waals surface area (Å²) in [6.45, 7) is 1.88. The summed E-state index contributed by atoms with van der Waals surface area (Å²) >= 11 is 0.817. The molecule has 0 aliphatic carbocycles. The molecule has 11 heteroatoms. The number of nitrogens with one attached hydrogen (secondary N) is 1. The first-order chi connectivity index (χ1) is 12.4. The van der Waals surface area contributed by atoms with Crippen molar-refractivity contribution in [2.75, 3.05) is 14.2 Å². The van der Waals surface area contributed by atoms with E-state index in [2.05, 4.69) is 15.2 Å². The van der Waals surface area contributed by atoms with E-state index in [1.54, 1.807) is 0 Å². The van der Waals surface area contributed by atoms with Gasteiger partial charge in [0.05, 0.1) is 25.2 Å². The molecule has 0 aliphatic heterocycles. The van der Waals surface area contributed by atoms with Gasteiger partial charge in [-0.25, -0.2) is 9.78 Å². The van der Waals surface area contributed by atoms with Gasteiger partial charge in [0.25, 0.3) is 5.69 Å². The third-order valence-corrected chi connectivity index (χ3v) is 4.13. The normalized spacial score (nSPS) is 11.3. The number of H-pyrrole nitrogens is 1. The number of carboxylic acids is 1. The number of hydrogen-bond donors (Lipinski definition) is 2. The summed E-state index contributed by atoms with van der Waals surface area (Å²) < 4.78 is 10.3. The van der Waals surface area contributed by atoms with Crippen LogP contribution in [-0.4, -0.2) is 45.4 Å². The van der Waals surface area contributed by atoms with Crippen LogP contribution in [0.4, 0.5) is 5.69 Å². The Balaban J connectivity index is 2.52. The van der Waals surface area contributed by atoms with E-state index in [0.717, 1.165) is 11.8 Å². The standard InChI is InChI=1S/C15H16N4O6S/c1-4-12-16-15(18-17-12)26-11(14(20)21)6-8-5-9(19(22)23)7-10(24-2)13(8)25-3/h5-7H,4H2,1-3H3,(H,20,21)(H,16,17,18)/b11-6+. The molecule has 138 valence electrons. The lowest BCUT2D eigenvalue weighted by Gasteiger charge is -2.11. The van der Waals surface area contributed by atoms with E-state index in [9.17, 15) is 20.0 Å². The first-order valence-corrected chi connectivity index (χ1v) is 8.15. The largest absolute Gasteiger partial charge is 0.493 e. The molecule has 0 bridgehead atoms. The molecule has 0 aliphatic rings. The molecule has 0 unspecified atom stereocenters. The van der Waals surface area contributed by atoms with E-state index in [1.807, 2.05) is 6.92 Å². The summed E-state index contributed by atoms with van der Waals surface area (Å²) in [5.41, 5.74) is -0.0653. The van der Waals surface area contributed by atoms with Crippen LogP contribution in [0.15, 0.2) is 22.2 Å². The van der Waals surface area contributed by atoms with Gasteiger partial charge in [0.2, 0.25) is 5.16 Å². The van der Waals surface area contributed by atoms with E-state index in [1.165, 1.54) is 32.4 Å². The molecule has 0 saturated heterocycles. The SMILES string of the molecule is CCc1nc(S/C(=C/c2cc([N+](=O)[O-])cc(OC)c2OC)C(=O)O)n[nH]1. The van der Waals surface area contributed by atoms with Crippen LogP contribution >= 0.6 is 11.8 Å². The monoisotopic (exact) mass is 380 g/mol. The molecule has 0 radical (unpaired) electrons. The fourth-order valence-corrected chi connectivity index (χ4v) is 2.76. The number of aryl methyl sites for hydroxylation is 1. The topological polar surface area (TPSA) is 140 Å². The number of aliphatic carboxylic acids is 1. The number of carbonyl (C=O) groups is 1. The van der Waals surface area contributed by atoms with Crippen molar-refractivity contribution in [3.63, 3.8) is 0 Å². The second-order valence-electron chi connectivity index (χ2n) is 4.86. The molecule has 26 heavy (non-hydrogen) atoms. The Labute approximate surface area is 152 Å². The number of aromatic amines is 1. The van der Waals surface area contributed by atoms with Gasteiger partial charge < -0.3 is 14.6 Å². The van der Waals surface area contributed by atoms with E-state index < -0.39 is 10.9 Å². The van der Waals surface area contributed by atoms with Crippen LogP contribution in [-0.2, 0) is 11.2 Å². The van der Waals surface area contributed by atoms with Crippen LogP contribution < -0.4 is 9.47 Å². The van der Waals surface area contributed by atoms with Gasteiger partial charge in [-0.3, -0.25) is 15.2 Å². The predicted octanol–water partition coefficient (Wildman–Crippen LogP) is 2.51. The average molecular weight is 380 g/mol. The summed E-state index contributed by atoms with van der Waals surface area (Å²) in [5.74, 6) is -0.312. The van der Waals surface area contributed by atoms with Crippen LogP contribution in [0.25, 0.3) is 6.08 Å². The maximum atomic E-state index is 11.6. The van der Waals surface area contributed by atoms with Gasteiger partial charge in [-0.15, -0.1) is 5.10 Å². The Morgan fingerprint density at radius 3 is 2.65 bits per heavy atom. The Bertz CT molecular complexity index is 864. The van der Waals surface area contributed by atoms with Crippen LogP contribution in [0.3, 0.4) is 0 Å². The lowest BCUT2D eigenvalue weighted by atomic mass is 10.1. The molecule has 0 spiro atoms. The fourth-order valence-electron chi connectivity index (χ4n) is 2.05. The highest BCUT2D eigenvalue weighted by atomic mass is 32.2. The molecule has 2 rings (SSSR count). The molecule has 1 heterocycles. The van der Waals surface area contributed by atoms with E-state index in [-0.39, 0.29) is 32.8 Å². The second-order valence-corrected chi connectivity index (χ2v) is 5.87. The highest BCUT2D eigenvalue weighted by molar-refractivity contribution is 8.04. The third-order valence-electron chi connectivity index (χ3n) is 3.25. The number of rotatable bonds is 8. The van der Waals surface area contributed by atoms with Crippen LogP contribution in [0.5, 0.6) is 11.5 Å². The van der Waals surface area contributed by atoms with Gasteiger partial charge in [0.1, 0.15) is 10.7 Å². The molecule has 0 fully saturated rings. The number of benzene rings is 1. The van der Waals surface area contributed by atoms with E-state index in [4.69, 9.17) is 9.47 Å². The number of non-ortho nitro benzene ring substituents is 1. The van der Waals surface area contributed by atoms with Gasteiger partial charge in [-0.1, -0.05) is 6.92 Å². The maximum absolute atomic E-state index is 11.6. The summed E-state index contributed by atoms with van der Waals surface area (Å²) in [4.78, 5) is 26.1. The van der Waals surface area contributed by atoms with Crippen molar-refractivity contribution >= 4 is 29.5 Å². The molecule has 1 aromatic heterocycles. The molecule has 1 aromatic carbocycles. The molecule has 0 saturated carbocycles. The Kier molecular flexibility index (Phi) is 6.17. The highest BCUT2D eigenvalue weighted by Gasteiger charge is 2.20. The van der Waals surface area contributed by atoms with Crippen molar-refractivity contribution in [1.29, 1.82) is 0 Å². The Hall–Kier alpha value is -3.08. The fraction of sp³-hybridized carbons (Fsp3) is 0.267. The van der Waals surface area contributed by atoms with Gasteiger partial charge in [-0.05, 0) is 17.8 Å². The van der Waals surface area contributed by atoms with Crippen molar-refractivity contribution < 1.29 is 24.3 Å². The van der Waals surface area contributed by atoms with Crippen LogP contribution in [0.1, 0.15) is 18.3 Å². The lowest BCUT2D eigenvalue weighted by Crippen LogP contribution is -2.00. The number of nitrogens with zero attached hydrogens (tertiary/aromatic N) is 3. The van der Waals surface area contributed by atoms with Crippen molar-refractivity contribution in [3.05, 3.63) is 38.5 Å². The van der Waals surface area contributed by atoms with E-state index >= 15 is 0 Å². The number of nitro benzene ring substituents is 1. The number of ether oxygens (including phenoxy) is 2. The minimum Gasteiger partial charge on any atom is -0.493 e. The third kappa shape index (κ3) is 4.30. The molecular weight excluding hydrogens is 364 g/mol. The quantitative estimate of drug-likeness (QED) is 0.306. The molecule has 0 amide bonds.